The van der Waals surface area contributed by atoms with Gasteiger partial charge in [-0.05, 0) is 17.0 Å². The molecular weight excluding hydrogens is 212 g/mol. The summed E-state index contributed by atoms with van der Waals surface area (Å²) in [5, 5.41) is 0. The maximum absolute atomic E-state index is 3.69. The molecule has 0 saturated carbocycles. The SMILES string of the molecule is CC(C)(C)C(Br)c1cc[c]cc1. The molecule has 0 fully saturated rings. The summed E-state index contributed by atoms with van der Waals surface area (Å²) in [6.07, 6.45) is 0. The molecular formula is C11H14Br. The van der Waals surface area contributed by atoms with Crippen LogP contribution in [-0.4, -0.2) is 0 Å². The lowest BCUT2D eigenvalue weighted by Crippen LogP contribution is -2.12. The fourth-order valence-corrected chi connectivity index (χ4v) is 1.37. The molecule has 1 rings (SSSR count). The predicted molar refractivity (Wildman–Crippen MR) is 56.4 cm³/mol. The van der Waals surface area contributed by atoms with Crippen LogP contribution in [0.4, 0.5) is 0 Å². The molecule has 1 aromatic carbocycles. The zero-order valence-corrected chi connectivity index (χ0v) is 9.35. The lowest BCUT2D eigenvalue weighted by atomic mass is 9.88. The highest BCUT2D eigenvalue weighted by molar-refractivity contribution is 9.09. The van der Waals surface area contributed by atoms with Crippen molar-refractivity contribution in [3.8, 4) is 0 Å². The summed E-state index contributed by atoms with van der Waals surface area (Å²) in [5.41, 5.74) is 1.59. The van der Waals surface area contributed by atoms with Crippen molar-refractivity contribution < 1.29 is 0 Å². The molecule has 1 atom stereocenters. The molecule has 1 unspecified atom stereocenters. The number of alkyl halides is 1. The maximum Gasteiger partial charge on any atom is 0.0443 e. The van der Waals surface area contributed by atoms with Crippen molar-refractivity contribution >= 4 is 15.9 Å². The Morgan fingerprint density at radius 1 is 1.25 bits per heavy atom. The van der Waals surface area contributed by atoms with E-state index < -0.39 is 0 Å². The Labute approximate surface area is 83.1 Å². The van der Waals surface area contributed by atoms with Crippen LogP contribution in [0.25, 0.3) is 0 Å². The summed E-state index contributed by atoms with van der Waals surface area (Å²) in [4.78, 5) is 0.416. The van der Waals surface area contributed by atoms with E-state index in [1.807, 2.05) is 12.1 Å². The fraction of sp³-hybridized carbons (Fsp3) is 0.455. The van der Waals surface area contributed by atoms with E-state index in [1.165, 1.54) is 5.56 Å². The highest BCUT2D eigenvalue weighted by Gasteiger charge is 2.22. The van der Waals surface area contributed by atoms with E-state index in [0.29, 0.717) is 4.83 Å². The van der Waals surface area contributed by atoms with Gasteiger partial charge in [0, 0.05) is 4.83 Å². The van der Waals surface area contributed by atoms with Crippen LogP contribution in [0.15, 0.2) is 24.3 Å². The van der Waals surface area contributed by atoms with Gasteiger partial charge in [0.15, 0.2) is 0 Å². The van der Waals surface area contributed by atoms with Gasteiger partial charge in [0.2, 0.25) is 0 Å². The van der Waals surface area contributed by atoms with Crippen LogP contribution in [0.2, 0.25) is 0 Å². The number of halogens is 1. The molecule has 0 aliphatic carbocycles. The molecule has 0 aromatic heterocycles. The Bertz CT molecular complexity index is 233. The Balaban J connectivity index is 2.86. The standard InChI is InChI=1S/C11H14Br/c1-11(2,3)10(12)9-7-5-4-6-8-9/h5-8,10H,1-3H3. The van der Waals surface area contributed by atoms with Gasteiger partial charge in [-0.2, -0.15) is 0 Å². The molecule has 0 aliphatic heterocycles. The van der Waals surface area contributed by atoms with E-state index in [2.05, 4.69) is 54.9 Å². The first-order valence-corrected chi connectivity index (χ1v) is 5.03. The topological polar surface area (TPSA) is 0 Å². The van der Waals surface area contributed by atoms with Crippen molar-refractivity contribution in [1.29, 1.82) is 0 Å². The molecule has 0 N–H and O–H groups in total. The molecule has 0 heterocycles. The van der Waals surface area contributed by atoms with Crippen LogP contribution in [0, 0.1) is 11.5 Å². The van der Waals surface area contributed by atoms with E-state index >= 15 is 0 Å². The van der Waals surface area contributed by atoms with E-state index in [1.54, 1.807) is 0 Å². The second-order valence-corrected chi connectivity index (χ2v) is 4.98. The first-order chi connectivity index (χ1) is 5.52. The minimum absolute atomic E-state index is 0.265. The second-order valence-electron chi connectivity index (χ2n) is 4.06. The van der Waals surface area contributed by atoms with Crippen molar-refractivity contribution in [1.82, 2.24) is 0 Å². The van der Waals surface area contributed by atoms with Crippen LogP contribution < -0.4 is 0 Å². The Hall–Kier alpha value is -0.300. The van der Waals surface area contributed by atoms with Gasteiger partial charge < -0.3 is 0 Å². The smallest absolute Gasteiger partial charge is 0.0443 e. The highest BCUT2D eigenvalue weighted by atomic mass is 79.9. The zero-order chi connectivity index (χ0) is 9.19. The number of benzene rings is 1. The Morgan fingerprint density at radius 2 is 1.75 bits per heavy atom. The van der Waals surface area contributed by atoms with Crippen LogP contribution >= 0.6 is 15.9 Å². The van der Waals surface area contributed by atoms with Crippen molar-refractivity contribution in [3.63, 3.8) is 0 Å². The molecule has 0 bridgehead atoms. The molecule has 1 radical (unpaired) electrons. The molecule has 0 nitrogen and oxygen atoms in total. The average Bonchev–Trinajstić information content (AvgIpc) is 2.03. The lowest BCUT2D eigenvalue weighted by molar-refractivity contribution is 0.407. The van der Waals surface area contributed by atoms with Gasteiger partial charge in [0.1, 0.15) is 0 Å². The average molecular weight is 226 g/mol. The Morgan fingerprint density at radius 3 is 2.17 bits per heavy atom. The van der Waals surface area contributed by atoms with Gasteiger partial charge in [-0.1, -0.05) is 61.0 Å². The summed E-state index contributed by atoms with van der Waals surface area (Å²) in [6.45, 7) is 6.68. The van der Waals surface area contributed by atoms with Crippen molar-refractivity contribution in [2.75, 3.05) is 0 Å². The minimum atomic E-state index is 0.265. The van der Waals surface area contributed by atoms with Gasteiger partial charge in [0.25, 0.3) is 0 Å². The van der Waals surface area contributed by atoms with Crippen LogP contribution in [0.3, 0.4) is 0 Å². The Kier molecular flexibility index (Phi) is 2.94. The van der Waals surface area contributed by atoms with E-state index in [0.717, 1.165) is 0 Å². The molecule has 0 amide bonds. The van der Waals surface area contributed by atoms with Crippen molar-refractivity contribution in [2.24, 2.45) is 5.41 Å². The van der Waals surface area contributed by atoms with Crippen LogP contribution in [0.5, 0.6) is 0 Å². The van der Waals surface area contributed by atoms with E-state index in [-0.39, 0.29) is 5.41 Å². The van der Waals surface area contributed by atoms with Gasteiger partial charge in [-0.3, -0.25) is 0 Å². The maximum atomic E-state index is 3.69. The van der Waals surface area contributed by atoms with Gasteiger partial charge in [0.05, 0.1) is 0 Å². The summed E-state index contributed by atoms with van der Waals surface area (Å²) >= 11 is 3.69. The van der Waals surface area contributed by atoms with Crippen molar-refractivity contribution in [3.05, 3.63) is 35.9 Å². The fourth-order valence-electron chi connectivity index (χ4n) is 1.07. The van der Waals surface area contributed by atoms with Gasteiger partial charge in [-0.25, -0.2) is 0 Å². The summed E-state index contributed by atoms with van der Waals surface area (Å²) in [6, 6.07) is 11.1. The van der Waals surface area contributed by atoms with Gasteiger partial charge in [-0.15, -0.1) is 0 Å². The highest BCUT2D eigenvalue weighted by Crippen LogP contribution is 2.39. The lowest BCUT2D eigenvalue weighted by Gasteiger charge is -2.25. The second kappa shape index (κ2) is 3.61. The number of hydrogen-bond donors (Lipinski definition) is 0. The first kappa shape index (κ1) is 9.79. The first-order valence-electron chi connectivity index (χ1n) is 4.12. The van der Waals surface area contributed by atoms with Crippen molar-refractivity contribution in [2.45, 2.75) is 25.6 Å². The molecule has 0 aliphatic rings. The summed E-state index contributed by atoms with van der Waals surface area (Å²) in [7, 11) is 0. The minimum Gasteiger partial charge on any atom is -0.0833 e. The van der Waals surface area contributed by atoms with Gasteiger partial charge >= 0.3 is 0 Å². The summed E-state index contributed by atoms with van der Waals surface area (Å²) in [5.74, 6) is 0. The third-order valence-corrected chi connectivity index (χ3v) is 3.70. The van der Waals surface area contributed by atoms with Crippen LogP contribution in [-0.2, 0) is 0 Å². The number of hydrogen-bond acceptors (Lipinski definition) is 0. The third kappa shape index (κ3) is 2.34. The molecule has 0 saturated heterocycles. The summed E-state index contributed by atoms with van der Waals surface area (Å²) < 4.78 is 0. The monoisotopic (exact) mass is 225 g/mol. The molecule has 65 valence electrons. The molecule has 12 heavy (non-hydrogen) atoms. The molecule has 1 heteroatoms. The normalized spacial score (nSPS) is 14.3. The van der Waals surface area contributed by atoms with Crippen LogP contribution in [0.1, 0.15) is 31.2 Å². The molecule has 1 aromatic rings. The number of rotatable bonds is 1. The van der Waals surface area contributed by atoms with E-state index in [9.17, 15) is 0 Å². The van der Waals surface area contributed by atoms with E-state index in [4.69, 9.17) is 0 Å². The largest absolute Gasteiger partial charge is 0.0833 e. The quantitative estimate of drug-likeness (QED) is 0.635. The zero-order valence-electron chi connectivity index (χ0n) is 7.76. The predicted octanol–water partition coefficient (Wildman–Crippen LogP) is 3.97. The molecule has 0 spiro atoms. The third-order valence-electron chi connectivity index (χ3n) is 1.80.